The van der Waals surface area contributed by atoms with E-state index in [1.165, 1.54) is 37.3 Å². The van der Waals surface area contributed by atoms with Gasteiger partial charge in [-0.25, -0.2) is 13.2 Å². The molecule has 0 amide bonds. The number of hydrogen-bond donors (Lipinski definition) is 3. The number of carboxylic acid groups (broad SMARTS) is 1. The SMILES string of the molecule is Cc1cc(S(=O)(=O)Nc2ccccc2NCC(F)(F)F)sc1C(=O)O. The van der Waals surface area contributed by atoms with E-state index in [-0.39, 0.29) is 26.0 Å². The number of aromatic carboxylic acids is 1. The molecule has 2 rings (SSSR count). The second kappa shape index (κ2) is 6.92. The number of halogens is 3. The number of thiophene rings is 1. The summed E-state index contributed by atoms with van der Waals surface area (Å²) in [6.45, 7) is 0.130. The van der Waals surface area contributed by atoms with Crippen LogP contribution in [0, 0.1) is 6.92 Å². The lowest BCUT2D eigenvalue weighted by atomic mass is 10.3. The van der Waals surface area contributed by atoms with Crippen molar-refractivity contribution in [2.45, 2.75) is 17.3 Å². The van der Waals surface area contributed by atoms with E-state index >= 15 is 0 Å². The van der Waals surface area contributed by atoms with E-state index in [2.05, 4.69) is 10.0 Å². The van der Waals surface area contributed by atoms with Crippen molar-refractivity contribution in [2.75, 3.05) is 16.6 Å². The summed E-state index contributed by atoms with van der Waals surface area (Å²) in [6.07, 6.45) is -4.47. The molecule has 0 fully saturated rings. The van der Waals surface area contributed by atoms with E-state index in [4.69, 9.17) is 5.11 Å². The lowest BCUT2D eigenvalue weighted by molar-refractivity contribution is -0.115. The van der Waals surface area contributed by atoms with E-state index in [1.807, 2.05) is 0 Å². The molecule has 0 aliphatic rings. The Morgan fingerprint density at radius 2 is 1.84 bits per heavy atom. The van der Waals surface area contributed by atoms with Crippen molar-refractivity contribution in [3.05, 3.63) is 40.8 Å². The fourth-order valence-electron chi connectivity index (χ4n) is 1.91. The Bertz CT molecular complexity index is 892. The van der Waals surface area contributed by atoms with Gasteiger partial charge in [0.15, 0.2) is 0 Å². The molecule has 136 valence electrons. The number of carboxylic acids is 1. The van der Waals surface area contributed by atoms with Crippen LogP contribution in [0.2, 0.25) is 0 Å². The highest BCUT2D eigenvalue weighted by Crippen LogP contribution is 2.30. The maximum atomic E-state index is 12.4. The van der Waals surface area contributed by atoms with Crippen molar-refractivity contribution in [1.29, 1.82) is 0 Å². The van der Waals surface area contributed by atoms with Gasteiger partial charge < -0.3 is 10.4 Å². The highest BCUT2D eigenvalue weighted by Gasteiger charge is 2.27. The number of rotatable bonds is 6. The third kappa shape index (κ3) is 4.86. The maximum absolute atomic E-state index is 12.4. The topological polar surface area (TPSA) is 95.5 Å². The van der Waals surface area contributed by atoms with Crippen molar-refractivity contribution < 1.29 is 31.5 Å². The number of carbonyl (C=O) groups is 1. The Labute approximate surface area is 145 Å². The minimum Gasteiger partial charge on any atom is -0.477 e. The maximum Gasteiger partial charge on any atom is 0.405 e. The molecule has 0 spiro atoms. The van der Waals surface area contributed by atoms with Gasteiger partial charge in [-0.2, -0.15) is 13.2 Å². The minimum absolute atomic E-state index is 0.0462. The zero-order valence-electron chi connectivity index (χ0n) is 12.7. The lowest BCUT2D eigenvalue weighted by Crippen LogP contribution is -2.22. The van der Waals surface area contributed by atoms with Crippen molar-refractivity contribution >= 4 is 38.7 Å². The molecular formula is C14H13F3N2O4S2. The number of nitrogens with one attached hydrogen (secondary N) is 2. The van der Waals surface area contributed by atoms with E-state index in [1.54, 1.807) is 0 Å². The van der Waals surface area contributed by atoms with Crippen LogP contribution in [0.15, 0.2) is 34.5 Å². The fraction of sp³-hybridized carbons (Fsp3) is 0.214. The number of aryl methyl sites for hydroxylation is 1. The summed E-state index contributed by atoms with van der Waals surface area (Å²) in [7, 11) is -4.14. The van der Waals surface area contributed by atoms with E-state index in [0.29, 0.717) is 11.3 Å². The minimum atomic E-state index is -4.47. The van der Waals surface area contributed by atoms with Crippen LogP contribution in [0.3, 0.4) is 0 Å². The predicted octanol–water partition coefficient (Wildman–Crippen LogP) is 3.53. The van der Waals surface area contributed by atoms with Gasteiger partial charge in [0.25, 0.3) is 10.0 Å². The molecule has 0 atom stereocenters. The number of benzene rings is 1. The van der Waals surface area contributed by atoms with Crippen molar-refractivity contribution in [3.8, 4) is 0 Å². The lowest BCUT2D eigenvalue weighted by Gasteiger charge is -2.14. The molecule has 6 nitrogen and oxygen atoms in total. The van der Waals surface area contributed by atoms with E-state index in [9.17, 15) is 26.4 Å². The van der Waals surface area contributed by atoms with Crippen LogP contribution in [-0.2, 0) is 10.0 Å². The summed E-state index contributed by atoms with van der Waals surface area (Å²) in [4.78, 5) is 10.9. The molecule has 0 saturated heterocycles. The number of alkyl halides is 3. The number of para-hydroxylation sites is 2. The summed E-state index contributed by atoms with van der Waals surface area (Å²) < 4.78 is 63.8. The fourth-order valence-corrected chi connectivity index (χ4v) is 4.37. The number of sulfonamides is 1. The summed E-state index contributed by atoms with van der Waals surface area (Å²) >= 11 is 0.567. The normalized spacial score (nSPS) is 12.0. The Morgan fingerprint density at radius 3 is 2.36 bits per heavy atom. The van der Waals surface area contributed by atoms with Gasteiger partial charge in [-0.05, 0) is 30.7 Å². The summed E-state index contributed by atoms with van der Waals surface area (Å²) in [6, 6.07) is 6.70. The van der Waals surface area contributed by atoms with Crippen LogP contribution < -0.4 is 10.0 Å². The average molecular weight is 394 g/mol. The Balaban J connectivity index is 2.29. The van der Waals surface area contributed by atoms with Crippen LogP contribution in [0.5, 0.6) is 0 Å². The van der Waals surface area contributed by atoms with Gasteiger partial charge in [0, 0.05) is 0 Å². The van der Waals surface area contributed by atoms with Crippen LogP contribution >= 0.6 is 11.3 Å². The van der Waals surface area contributed by atoms with Crippen LogP contribution in [-0.4, -0.2) is 32.2 Å². The molecule has 25 heavy (non-hydrogen) atoms. The first kappa shape index (κ1) is 19.1. The Kier molecular flexibility index (Phi) is 5.28. The molecule has 0 unspecified atom stereocenters. The second-order valence-electron chi connectivity index (χ2n) is 5.00. The molecular weight excluding hydrogens is 381 g/mol. The highest BCUT2D eigenvalue weighted by molar-refractivity contribution is 7.94. The zero-order valence-corrected chi connectivity index (χ0v) is 14.3. The van der Waals surface area contributed by atoms with Crippen molar-refractivity contribution in [3.63, 3.8) is 0 Å². The van der Waals surface area contributed by atoms with Gasteiger partial charge in [-0.1, -0.05) is 12.1 Å². The highest BCUT2D eigenvalue weighted by atomic mass is 32.2. The Morgan fingerprint density at radius 1 is 1.24 bits per heavy atom. The van der Waals surface area contributed by atoms with E-state index < -0.39 is 28.7 Å². The van der Waals surface area contributed by atoms with Gasteiger partial charge >= 0.3 is 12.1 Å². The monoisotopic (exact) mass is 394 g/mol. The molecule has 0 bridgehead atoms. The first-order valence-electron chi connectivity index (χ1n) is 6.76. The predicted molar refractivity (Wildman–Crippen MR) is 87.8 cm³/mol. The summed E-state index contributed by atoms with van der Waals surface area (Å²) in [5, 5.41) is 11.1. The summed E-state index contributed by atoms with van der Waals surface area (Å²) in [5.41, 5.74) is 0.158. The van der Waals surface area contributed by atoms with Gasteiger partial charge in [-0.15, -0.1) is 11.3 Å². The standard InChI is InChI=1S/C14H13F3N2O4S2/c1-8-6-11(24-12(8)13(20)21)25(22,23)19-10-5-3-2-4-9(10)18-7-14(15,16)17/h2-6,18-19H,7H2,1H3,(H,20,21). The van der Waals surface area contributed by atoms with Gasteiger partial charge in [0.2, 0.25) is 0 Å². The smallest absolute Gasteiger partial charge is 0.405 e. The van der Waals surface area contributed by atoms with Gasteiger partial charge in [0.1, 0.15) is 15.6 Å². The van der Waals surface area contributed by atoms with Crippen LogP contribution in [0.1, 0.15) is 15.2 Å². The molecule has 1 aromatic carbocycles. The molecule has 1 heterocycles. The molecule has 0 aliphatic heterocycles. The zero-order chi connectivity index (χ0) is 18.8. The quantitative estimate of drug-likeness (QED) is 0.697. The third-order valence-electron chi connectivity index (χ3n) is 3.00. The third-order valence-corrected chi connectivity index (χ3v) is 6.07. The van der Waals surface area contributed by atoms with E-state index in [0.717, 1.165) is 0 Å². The average Bonchev–Trinajstić information content (AvgIpc) is 2.88. The number of hydrogen-bond acceptors (Lipinski definition) is 5. The van der Waals surface area contributed by atoms with Crippen LogP contribution in [0.25, 0.3) is 0 Å². The van der Waals surface area contributed by atoms with Gasteiger partial charge in [0.05, 0.1) is 11.4 Å². The van der Waals surface area contributed by atoms with Crippen LogP contribution in [0.4, 0.5) is 24.5 Å². The summed E-state index contributed by atoms with van der Waals surface area (Å²) in [5.74, 6) is -1.25. The van der Waals surface area contributed by atoms with Crippen molar-refractivity contribution in [1.82, 2.24) is 0 Å². The first-order chi connectivity index (χ1) is 11.5. The molecule has 11 heteroatoms. The molecule has 0 saturated carbocycles. The van der Waals surface area contributed by atoms with Crippen molar-refractivity contribution in [2.24, 2.45) is 0 Å². The molecule has 0 radical (unpaired) electrons. The number of anilines is 2. The Hall–Kier alpha value is -2.27. The largest absolute Gasteiger partial charge is 0.477 e. The molecule has 1 aromatic heterocycles. The molecule has 3 N–H and O–H groups in total. The van der Waals surface area contributed by atoms with Gasteiger partial charge in [-0.3, -0.25) is 4.72 Å². The molecule has 0 aliphatic carbocycles. The second-order valence-corrected chi connectivity index (χ2v) is 7.96. The first-order valence-corrected chi connectivity index (χ1v) is 9.06. The molecule has 2 aromatic rings.